The van der Waals surface area contributed by atoms with Gasteiger partial charge in [-0.05, 0) is 31.9 Å². The summed E-state index contributed by atoms with van der Waals surface area (Å²) in [6.07, 6.45) is 1.46. The van der Waals surface area contributed by atoms with E-state index >= 15 is 0 Å². The van der Waals surface area contributed by atoms with Crippen LogP contribution in [0.25, 0.3) is 11.3 Å². The van der Waals surface area contributed by atoms with Crippen LogP contribution < -0.4 is 4.74 Å². The van der Waals surface area contributed by atoms with Gasteiger partial charge < -0.3 is 19.3 Å². The standard InChI is InChI=1S/C27H34FN3O4/c1-3-33-19-21(32)16-31(17-22-12-9-15-34-22)18-23-26(20-10-5-4-6-11-20)29-30(2)27(23)35-25-14-8-7-13-24(25)28/h4-8,10-11,13-14,21-22,32H,3,9,12,15-19H2,1-2H3/t21-,22-/m1/s1. The molecule has 35 heavy (non-hydrogen) atoms. The fourth-order valence-corrected chi connectivity index (χ4v) is 4.39. The van der Waals surface area contributed by atoms with Crippen LogP contribution in [0.1, 0.15) is 25.3 Å². The summed E-state index contributed by atoms with van der Waals surface area (Å²) in [5, 5.41) is 15.4. The fourth-order valence-electron chi connectivity index (χ4n) is 4.39. The first kappa shape index (κ1) is 25.3. The molecule has 1 saturated heterocycles. The van der Waals surface area contributed by atoms with Gasteiger partial charge in [-0.1, -0.05) is 42.5 Å². The average molecular weight is 484 g/mol. The van der Waals surface area contributed by atoms with Gasteiger partial charge in [0.2, 0.25) is 5.88 Å². The maximum atomic E-state index is 14.5. The van der Waals surface area contributed by atoms with Gasteiger partial charge in [-0.15, -0.1) is 0 Å². The smallest absolute Gasteiger partial charge is 0.222 e. The van der Waals surface area contributed by atoms with E-state index in [1.807, 2.05) is 37.3 Å². The molecule has 0 aliphatic carbocycles. The molecule has 0 saturated carbocycles. The molecule has 0 radical (unpaired) electrons. The van der Waals surface area contributed by atoms with Crippen molar-refractivity contribution < 1.29 is 23.7 Å². The number of aliphatic hydroxyl groups is 1. The predicted molar refractivity (Wildman–Crippen MR) is 132 cm³/mol. The first-order valence-electron chi connectivity index (χ1n) is 12.2. The van der Waals surface area contributed by atoms with Crippen molar-refractivity contribution in [1.82, 2.24) is 14.7 Å². The molecule has 4 rings (SSSR count). The van der Waals surface area contributed by atoms with Crippen LogP contribution in [0.4, 0.5) is 4.39 Å². The zero-order chi connectivity index (χ0) is 24.6. The third-order valence-corrected chi connectivity index (χ3v) is 6.03. The predicted octanol–water partition coefficient (Wildman–Crippen LogP) is 4.40. The van der Waals surface area contributed by atoms with Crippen LogP contribution in [0.15, 0.2) is 54.6 Å². The quantitative estimate of drug-likeness (QED) is 0.412. The fraction of sp³-hybridized carbons (Fsp3) is 0.444. The van der Waals surface area contributed by atoms with Crippen molar-refractivity contribution in [2.24, 2.45) is 7.05 Å². The van der Waals surface area contributed by atoms with E-state index in [-0.39, 0.29) is 18.5 Å². The minimum absolute atomic E-state index is 0.0991. The second-order valence-electron chi connectivity index (χ2n) is 8.80. The Labute approximate surface area is 206 Å². The Morgan fingerprint density at radius 3 is 2.69 bits per heavy atom. The molecule has 1 aliphatic rings. The number of para-hydroxylation sites is 1. The second-order valence-corrected chi connectivity index (χ2v) is 8.80. The van der Waals surface area contributed by atoms with Gasteiger partial charge in [0.05, 0.1) is 24.4 Å². The molecule has 2 atom stereocenters. The highest BCUT2D eigenvalue weighted by atomic mass is 19.1. The summed E-state index contributed by atoms with van der Waals surface area (Å²) in [6, 6.07) is 16.2. The van der Waals surface area contributed by atoms with Crippen LogP contribution in [0.5, 0.6) is 11.6 Å². The van der Waals surface area contributed by atoms with Gasteiger partial charge in [0, 0.05) is 45.5 Å². The van der Waals surface area contributed by atoms with Crippen LogP contribution in [0.2, 0.25) is 0 Å². The number of aliphatic hydroxyl groups excluding tert-OH is 1. The number of benzene rings is 2. The maximum absolute atomic E-state index is 14.5. The number of hydrogen-bond donors (Lipinski definition) is 1. The first-order chi connectivity index (χ1) is 17.0. The molecular formula is C27H34FN3O4. The number of aromatic nitrogens is 2. The third kappa shape index (κ3) is 6.67. The number of nitrogens with zero attached hydrogens (tertiary/aromatic N) is 3. The van der Waals surface area contributed by atoms with Crippen LogP contribution >= 0.6 is 0 Å². The molecule has 2 aromatic carbocycles. The zero-order valence-electron chi connectivity index (χ0n) is 20.4. The lowest BCUT2D eigenvalue weighted by Gasteiger charge is -2.27. The highest BCUT2D eigenvalue weighted by Gasteiger charge is 2.26. The SMILES string of the molecule is CCOC[C@H](O)CN(Cc1c(-c2ccccc2)nn(C)c1Oc1ccccc1F)C[C@H]1CCCO1. The molecule has 1 fully saturated rings. The number of aryl methyl sites for hydroxylation is 1. The molecule has 0 spiro atoms. The normalized spacial score (nSPS) is 16.7. The molecule has 1 aromatic heterocycles. The second kappa shape index (κ2) is 12.3. The molecule has 7 nitrogen and oxygen atoms in total. The van der Waals surface area contributed by atoms with Crippen molar-refractivity contribution in [2.75, 3.05) is 32.9 Å². The molecule has 2 heterocycles. The Kier molecular flexibility index (Phi) is 8.87. The summed E-state index contributed by atoms with van der Waals surface area (Å²) in [5.74, 6) is 0.160. The van der Waals surface area contributed by atoms with Crippen molar-refractivity contribution in [3.8, 4) is 22.9 Å². The molecule has 1 N–H and O–H groups in total. The summed E-state index contributed by atoms with van der Waals surface area (Å²) >= 11 is 0. The Bertz CT molecular complexity index is 1070. The van der Waals surface area contributed by atoms with Crippen molar-refractivity contribution in [3.63, 3.8) is 0 Å². The minimum atomic E-state index is -0.649. The highest BCUT2D eigenvalue weighted by Crippen LogP contribution is 2.35. The van der Waals surface area contributed by atoms with E-state index in [0.717, 1.165) is 36.3 Å². The average Bonchev–Trinajstić information content (AvgIpc) is 3.48. The van der Waals surface area contributed by atoms with Crippen molar-refractivity contribution in [2.45, 2.75) is 38.5 Å². The molecule has 3 aromatic rings. The van der Waals surface area contributed by atoms with Gasteiger partial charge in [-0.25, -0.2) is 9.07 Å². The molecule has 8 heteroatoms. The Morgan fingerprint density at radius 2 is 1.97 bits per heavy atom. The van der Waals surface area contributed by atoms with E-state index in [4.69, 9.17) is 19.3 Å². The molecular weight excluding hydrogens is 449 g/mol. The summed E-state index contributed by atoms with van der Waals surface area (Å²) in [4.78, 5) is 2.15. The van der Waals surface area contributed by atoms with Crippen LogP contribution in [0, 0.1) is 5.82 Å². The summed E-state index contributed by atoms with van der Waals surface area (Å²) in [5.41, 5.74) is 2.52. The Morgan fingerprint density at radius 1 is 1.20 bits per heavy atom. The van der Waals surface area contributed by atoms with E-state index in [0.29, 0.717) is 32.1 Å². The van der Waals surface area contributed by atoms with Gasteiger partial charge in [0.15, 0.2) is 11.6 Å². The van der Waals surface area contributed by atoms with Gasteiger partial charge in [-0.2, -0.15) is 5.10 Å². The van der Waals surface area contributed by atoms with E-state index in [9.17, 15) is 9.50 Å². The van der Waals surface area contributed by atoms with E-state index in [2.05, 4.69) is 4.90 Å². The van der Waals surface area contributed by atoms with E-state index < -0.39 is 11.9 Å². The number of halogens is 1. The summed E-state index contributed by atoms with van der Waals surface area (Å²) in [7, 11) is 1.79. The van der Waals surface area contributed by atoms with Gasteiger partial charge >= 0.3 is 0 Å². The summed E-state index contributed by atoms with van der Waals surface area (Å²) < 4.78 is 33.5. The van der Waals surface area contributed by atoms with Gasteiger partial charge in [-0.3, -0.25) is 4.90 Å². The van der Waals surface area contributed by atoms with Crippen molar-refractivity contribution in [1.29, 1.82) is 0 Å². The lowest BCUT2D eigenvalue weighted by atomic mass is 10.1. The third-order valence-electron chi connectivity index (χ3n) is 6.03. The van der Waals surface area contributed by atoms with Crippen LogP contribution in [-0.2, 0) is 23.1 Å². The maximum Gasteiger partial charge on any atom is 0.222 e. The van der Waals surface area contributed by atoms with Crippen LogP contribution in [-0.4, -0.2) is 64.9 Å². The lowest BCUT2D eigenvalue weighted by molar-refractivity contribution is 0.00505. The van der Waals surface area contributed by atoms with E-state index in [1.165, 1.54) is 6.07 Å². The van der Waals surface area contributed by atoms with Gasteiger partial charge in [0.25, 0.3) is 0 Å². The number of ether oxygens (including phenoxy) is 3. The lowest BCUT2D eigenvalue weighted by Crippen LogP contribution is -2.39. The molecule has 188 valence electrons. The topological polar surface area (TPSA) is 69.0 Å². The zero-order valence-corrected chi connectivity index (χ0v) is 20.4. The van der Waals surface area contributed by atoms with Gasteiger partial charge in [0.1, 0.15) is 5.69 Å². The minimum Gasteiger partial charge on any atom is -0.436 e. The largest absolute Gasteiger partial charge is 0.436 e. The highest BCUT2D eigenvalue weighted by molar-refractivity contribution is 5.65. The Balaban J connectivity index is 1.68. The molecule has 0 unspecified atom stereocenters. The van der Waals surface area contributed by atoms with Crippen molar-refractivity contribution in [3.05, 3.63) is 66.0 Å². The molecule has 0 amide bonds. The molecule has 0 bridgehead atoms. The molecule has 1 aliphatic heterocycles. The number of hydrogen-bond acceptors (Lipinski definition) is 6. The first-order valence-corrected chi connectivity index (χ1v) is 12.2. The monoisotopic (exact) mass is 483 g/mol. The van der Waals surface area contributed by atoms with Crippen LogP contribution in [0.3, 0.4) is 0 Å². The summed E-state index contributed by atoms with van der Waals surface area (Å²) in [6.45, 7) is 4.98. The number of rotatable bonds is 12. The van der Waals surface area contributed by atoms with E-state index in [1.54, 1.807) is 29.9 Å². The Hall–Kier alpha value is -2.78. The van der Waals surface area contributed by atoms with Crippen molar-refractivity contribution >= 4 is 0 Å².